The van der Waals surface area contributed by atoms with Crippen LogP contribution in [0.25, 0.3) is 0 Å². The van der Waals surface area contributed by atoms with E-state index in [2.05, 4.69) is 48.8 Å². The molecule has 84 valence electrons. The van der Waals surface area contributed by atoms with Crippen LogP contribution in [0, 0.1) is 11.3 Å². The molecule has 1 N–H and O–H groups in total. The fourth-order valence-corrected chi connectivity index (χ4v) is 1.91. The first kappa shape index (κ1) is 10.5. The van der Waals surface area contributed by atoms with E-state index in [0.29, 0.717) is 17.4 Å². The molecule has 0 aromatic carbocycles. The van der Waals surface area contributed by atoms with Crippen molar-refractivity contribution in [1.29, 1.82) is 0 Å². The van der Waals surface area contributed by atoms with E-state index in [1.165, 1.54) is 6.42 Å². The lowest BCUT2D eigenvalue weighted by atomic mass is 10.2. The smallest absolute Gasteiger partial charge is 0.203 e. The summed E-state index contributed by atoms with van der Waals surface area (Å²) in [6, 6.07) is 0.634. The molecule has 3 nitrogen and oxygen atoms in total. The summed E-state index contributed by atoms with van der Waals surface area (Å²) < 4.78 is 2.28. The van der Waals surface area contributed by atoms with Gasteiger partial charge in [-0.15, -0.1) is 0 Å². The lowest BCUT2D eigenvalue weighted by Gasteiger charge is -2.12. The number of anilines is 1. The molecule has 1 saturated carbocycles. The molecule has 0 radical (unpaired) electrons. The van der Waals surface area contributed by atoms with Gasteiger partial charge in [-0.2, -0.15) is 0 Å². The number of aromatic nitrogens is 2. The van der Waals surface area contributed by atoms with Gasteiger partial charge in [-0.3, -0.25) is 0 Å². The molecule has 1 fully saturated rings. The van der Waals surface area contributed by atoms with Gasteiger partial charge in [0, 0.05) is 25.0 Å². The fourth-order valence-electron chi connectivity index (χ4n) is 1.91. The first-order valence-electron chi connectivity index (χ1n) is 5.77. The van der Waals surface area contributed by atoms with Crippen LogP contribution < -0.4 is 5.32 Å². The standard InChI is InChI=1S/C12H21N3/c1-9(2)8-14-11-13-5-6-15(11)10-7-12(10,3)4/h5-6,9-10H,7-8H2,1-4H3,(H,13,14). The zero-order valence-electron chi connectivity index (χ0n) is 10.1. The van der Waals surface area contributed by atoms with Crippen molar-refractivity contribution >= 4 is 5.95 Å². The number of hydrogen-bond donors (Lipinski definition) is 1. The third-order valence-electron chi connectivity index (χ3n) is 3.13. The minimum absolute atomic E-state index is 0.453. The second kappa shape index (κ2) is 3.54. The summed E-state index contributed by atoms with van der Waals surface area (Å²) in [7, 11) is 0. The Kier molecular flexibility index (Phi) is 2.49. The number of nitrogens with one attached hydrogen (secondary N) is 1. The Hall–Kier alpha value is -0.990. The Labute approximate surface area is 91.9 Å². The van der Waals surface area contributed by atoms with Gasteiger partial charge in [0.05, 0.1) is 0 Å². The number of imidazole rings is 1. The molecule has 1 aromatic heterocycles. The van der Waals surface area contributed by atoms with Gasteiger partial charge in [0.2, 0.25) is 5.95 Å². The zero-order valence-corrected chi connectivity index (χ0v) is 10.1. The number of rotatable bonds is 4. The van der Waals surface area contributed by atoms with Crippen LogP contribution in [0.3, 0.4) is 0 Å². The number of nitrogens with zero attached hydrogens (tertiary/aromatic N) is 2. The molecule has 0 saturated heterocycles. The highest BCUT2D eigenvalue weighted by Crippen LogP contribution is 2.56. The molecule has 1 aliphatic carbocycles. The first-order valence-corrected chi connectivity index (χ1v) is 5.77. The lowest BCUT2D eigenvalue weighted by molar-refractivity contribution is 0.542. The van der Waals surface area contributed by atoms with Gasteiger partial charge < -0.3 is 9.88 Å². The van der Waals surface area contributed by atoms with E-state index in [9.17, 15) is 0 Å². The molecule has 1 aromatic rings. The summed E-state index contributed by atoms with van der Waals surface area (Å²) in [5.74, 6) is 1.68. The molecular weight excluding hydrogens is 186 g/mol. The maximum atomic E-state index is 4.37. The van der Waals surface area contributed by atoms with Crippen molar-refractivity contribution < 1.29 is 0 Å². The van der Waals surface area contributed by atoms with Gasteiger partial charge in [-0.05, 0) is 17.8 Å². The Morgan fingerprint density at radius 2 is 2.27 bits per heavy atom. The summed E-state index contributed by atoms with van der Waals surface area (Å²) >= 11 is 0. The largest absolute Gasteiger partial charge is 0.355 e. The van der Waals surface area contributed by atoms with Gasteiger partial charge in [0.1, 0.15) is 0 Å². The third kappa shape index (κ3) is 2.16. The van der Waals surface area contributed by atoms with Crippen LogP contribution in [0.1, 0.15) is 40.2 Å². The van der Waals surface area contributed by atoms with E-state index in [-0.39, 0.29) is 0 Å². The topological polar surface area (TPSA) is 29.9 Å². The van der Waals surface area contributed by atoms with Gasteiger partial charge in [0.15, 0.2) is 0 Å². The Balaban J connectivity index is 2.03. The van der Waals surface area contributed by atoms with Crippen LogP contribution in [0.15, 0.2) is 12.4 Å². The van der Waals surface area contributed by atoms with Crippen LogP contribution >= 0.6 is 0 Å². The highest BCUT2D eigenvalue weighted by atomic mass is 15.2. The minimum atomic E-state index is 0.453. The molecular formula is C12H21N3. The van der Waals surface area contributed by atoms with Crippen LogP contribution in [-0.2, 0) is 0 Å². The van der Waals surface area contributed by atoms with E-state index in [0.717, 1.165) is 12.5 Å². The summed E-state index contributed by atoms with van der Waals surface area (Å²) in [5.41, 5.74) is 0.453. The average molecular weight is 207 g/mol. The van der Waals surface area contributed by atoms with E-state index in [4.69, 9.17) is 0 Å². The van der Waals surface area contributed by atoms with Crippen molar-refractivity contribution in [2.75, 3.05) is 11.9 Å². The summed E-state index contributed by atoms with van der Waals surface area (Å²) in [6.45, 7) is 10.0. The molecule has 3 heteroatoms. The second-order valence-electron chi connectivity index (χ2n) is 5.64. The first-order chi connectivity index (χ1) is 7.00. The summed E-state index contributed by atoms with van der Waals surface area (Å²) in [5, 5.41) is 3.40. The quantitative estimate of drug-likeness (QED) is 0.822. The molecule has 0 spiro atoms. The van der Waals surface area contributed by atoms with E-state index in [1.807, 2.05) is 6.20 Å². The molecule has 0 aliphatic heterocycles. The Morgan fingerprint density at radius 1 is 1.60 bits per heavy atom. The highest BCUT2D eigenvalue weighted by Gasteiger charge is 2.47. The zero-order chi connectivity index (χ0) is 11.1. The predicted octanol–water partition coefficient (Wildman–Crippen LogP) is 2.92. The predicted molar refractivity (Wildman–Crippen MR) is 63.0 cm³/mol. The maximum absolute atomic E-state index is 4.37. The fraction of sp³-hybridized carbons (Fsp3) is 0.750. The molecule has 0 amide bonds. The van der Waals surface area contributed by atoms with Gasteiger partial charge in [-0.25, -0.2) is 4.98 Å². The minimum Gasteiger partial charge on any atom is -0.355 e. The monoisotopic (exact) mass is 207 g/mol. The normalized spacial score (nSPS) is 23.1. The number of hydrogen-bond acceptors (Lipinski definition) is 2. The molecule has 1 aliphatic rings. The Morgan fingerprint density at radius 3 is 2.80 bits per heavy atom. The summed E-state index contributed by atoms with van der Waals surface area (Å²) in [4.78, 5) is 4.37. The molecule has 1 unspecified atom stereocenters. The van der Waals surface area contributed by atoms with Crippen molar-refractivity contribution in [2.45, 2.75) is 40.2 Å². The second-order valence-corrected chi connectivity index (χ2v) is 5.64. The maximum Gasteiger partial charge on any atom is 0.203 e. The molecule has 0 bridgehead atoms. The lowest BCUT2D eigenvalue weighted by Crippen LogP contribution is -2.13. The molecule has 15 heavy (non-hydrogen) atoms. The van der Waals surface area contributed by atoms with Crippen LogP contribution in [0.4, 0.5) is 5.95 Å². The summed E-state index contributed by atoms with van der Waals surface area (Å²) in [6.07, 6.45) is 5.23. The van der Waals surface area contributed by atoms with Crippen LogP contribution in [-0.4, -0.2) is 16.1 Å². The van der Waals surface area contributed by atoms with E-state index < -0.39 is 0 Å². The van der Waals surface area contributed by atoms with Crippen molar-refractivity contribution in [3.8, 4) is 0 Å². The van der Waals surface area contributed by atoms with Gasteiger partial charge in [-0.1, -0.05) is 27.7 Å². The van der Waals surface area contributed by atoms with Crippen molar-refractivity contribution in [1.82, 2.24) is 9.55 Å². The third-order valence-corrected chi connectivity index (χ3v) is 3.13. The van der Waals surface area contributed by atoms with Crippen molar-refractivity contribution in [3.63, 3.8) is 0 Å². The molecule has 1 atom stereocenters. The Bertz CT molecular complexity index is 338. The van der Waals surface area contributed by atoms with Crippen molar-refractivity contribution in [2.24, 2.45) is 11.3 Å². The van der Waals surface area contributed by atoms with Crippen molar-refractivity contribution in [3.05, 3.63) is 12.4 Å². The van der Waals surface area contributed by atoms with E-state index in [1.54, 1.807) is 0 Å². The average Bonchev–Trinajstić information content (AvgIpc) is 2.62. The van der Waals surface area contributed by atoms with E-state index >= 15 is 0 Å². The molecule has 2 rings (SSSR count). The SMILES string of the molecule is CC(C)CNc1nccn1C1CC1(C)C. The van der Waals surface area contributed by atoms with Crippen LogP contribution in [0.2, 0.25) is 0 Å². The van der Waals surface area contributed by atoms with Crippen LogP contribution in [0.5, 0.6) is 0 Å². The van der Waals surface area contributed by atoms with Gasteiger partial charge >= 0.3 is 0 Å². The molecule has 1 heterocycles. The van der Waals surface area contributed by atoms with Gasteiger partial charge in [0.25, 0.3) is 0 Å². The highest BCUT2D eigenvalue weighted by molar-refractivity contribution is 5.29.